The predicted molar refractivity (Wildman–Crippen MR) is 70.6 cm³/mol. The molecule has 2 atom stereocenters. The normalized spacial score (nSPS) is 27.4. The lowest BCUT2D eigenvalue weighted by molar-refractivity contribution is 0.167. The van der Waals surface area contributed by atoms with E-state index in [4.69, 9.17) is 0 Å². The molecule has 0 spiro atoms. The second kappa shape index (κ2) is 4.52. The van der Waals surface area contributed by atoms with Gasteiger partial charge < -0.3 is 5.11 Å². The highest BCUT2D eigenvalue weighted by molar-refractivity contribution is 5.22. The third-order valence-electron chi connectivity index (χ3n) is 4.50. The molecule has 19 heavy (non-hydrogen) atoms. The van der Waals surface area contributed by atoms with Crippen molar-refractivity contribution in [3.05, 3.63) is 26.4 Å². The van der Waals surface area contributed by atoms with Crippen LogP contribution in [0.3, 0.4) is 0 Å². The van der Waals surface area contributed by atoms with Crippen molar-refractivity contribution in [3.63, 3.8) is 0 Å². The van der Waals surface area contributed by atoms with Gasteiger partial charge in [-0.15, -0.1) is 0 Å². The second-order valence-corrected chi connectivity index (χ2v) is 5.53. The summed E-state index contributed by atoms with van der Waals surface area (Å²) in [6.07, 6.45) is 4.27. The van der Waals surface area contributed by atoms with Gasteiger partial charge in [-0.05, 0) is 32.7 Å². The number of nitrogens with zero attached hydrogens (tertiary/aromatic N) is 2. The predicted octanol–water partition coefficient (Wildman–Crippen LogP) is 0.350. The fourth-order valence-corrected chi connectivity index (χ4v) is 3.46. The second-order valence-electron chi connectivity index (χ2n) is 5.53. The van der Waals surface area contributed by atoms with Gasteiger partial charge in [0.15, 0.2) is 0 Å². The molecule has 1 aromatic rings. The zero-order valence-electron chi connectivity index (χ0n) is 11.1. The number of rotatable bonds is 1. The molecule has 2 saturated heterocycles. The molecular weight excluding hydrogens is 246 g/mol. The first kappa shape index (κ1) is 12.5. The van der Waals surface area contributed by atoms with Gasteiger partial charge in [0.25, 0.3) is 5.56 Å². The molecular formula is C13H19N3O3. The number of fused-ring (bicyclic) bond motifs is 1. The Kier molecular flexibility index (Phi) is 2.97. The molecule has 0 radical (unpaired) electrons. The van der Waals surface area contributed by atoms with Gasteiger partial charge in [0.05, 0.1) is 11.6 Å². The molecule has 1 aromatic heterocycles. The first-order valence-corrected chi connectivity index (χ1v) is 6.88. The Labute approximate surface area is 110 Å². The molecule has 2 unspecified atom stereocenters. The Hall–Kier alpha value is -1.56. The van der Waals surface area contributed by atoms with Crippen molar-refractivity contribution in [2.45, 2.75) is 44.7 Å². The Bertz CT molecular complexity index is 604. The minimum atomic E-state index is -0.503. The van der Waals surface area contributed by atoms with Gasteiger partial charge in [-0.3, -0.25) is 19.2 Å². The number of H-pyrrole nitrogens is 1. The van der Waals surface area contributed by atoms with Crippen LogP contribution in [0.25, 0.3) is 0 Å². The van der Waals surface area contributed by atoms with Gasteiger partial charge in [-0.2, -0.15) is 0 Å². The van der Waals surface area contributed by atoms with Crippen molar-refractivity contribution in [2.75, 3.05) is 13.1 Å². The van der Waals surface area contributed by atoms with Crippen LogP contribution in [0, 0.1) is 6.92 Å². The lowest BCUT2D eigenvalue weighted by atomic mass is 9.99. The zero-order chi connectivity index (χ0) is 13.6. The van der Waals surface area contributed by atoms with E-state index < -0.39 is 11.2 Å². The summed E-state index contributed by atoms with van der Waals surface area (Å²) >= 11 is 0. The number of aromatic hydroxyl groups is 1. The Balaban J connectivity index is 2.06. The highest BCUT2D eigenvalue weighted by Crippen LogP contribution is 2.36. The largest absolute Gasteiger partial charge is 0.494 e. The summed E-state index contributed by atoms with van der Waals surface area (Å²) in [5.74, 6) is -0.175. The molecule has 2 aliphatic heterocycles. The number of aromatic amines is 1. The zero-order valence-corrected chi connectivity index (χ0v) is 11.1. The first-order chi connectivity index (χ1) is 9.09. The molecule has 2 fully saturated rings. The van der Waals surface area contributed by atoms with E-state index in [1.165, 1.54) is 17.9 Å². The van der Waals surface area contributed by atoms with Crippen LogP contribution in [-0.2, 0) is 0 Å². The highest BCUT2D eigenvalue weighted by Gasteiger charge is 2.38. The van der Waals surface area contributed by atoms with Gasteiger partial charge in [-0.25, -0.2) is 4.79 Å². The van der Waals surface area contributed by atoms with Crippen molar-refractivity contribution in [1.29, 1.82) is 0 Å². The number of piperidine rings is 1. The average Bonchev–Trinajstić information content (AvgIpc) is 2.81. The van der Waals surface area contributed by atoms with E-state index in [9.17, 15) is 14.7 Å². The van der Waals surface area contributed by atoms with Crippen molar-refractivity contribution in [2.24, 2.45) is 0 Å². The highest BCUT2D eigenvalue weighted by atomic mass is 16.3. The molecule has 3 rings (SSSR count). The Morgan fingerprint density at radius 3 is 2.74 bits per heavy atom. The minimum Gasteiger partial charge on any atom is -0.494 e. The van der Waals surface area contributed by atoms with E-state index in [2.05, 4.69) is 9.88 Å². The summed E-state index contributed by atoms with van der Waals surface area (Å²) < 4.78 is 1.38. The van der Waals surface area contributed by atoms with Gasteiger partial charge in [-0.1, -0.05) is 6.42 Å². The van der Waals surface area contributed by atoms with E-state index in [1.807, 2.05) is 0 Å². The molecule has 3 heterocycles. The molecule has 2 N–H and O–H groups in total. The fraction of sp³-hybridized carbons (Fsp3) is 0.692. The molecule has 6 nitrogen and oxygen atoms in total. The number of hydrogen-bond donors (Lipinski definition) is 2. The quantitative estimate of drug-likeness (QED) is 0.768. The number of aromatic nitrogens is 2. The van der Waals surface area contributed by atoms with Crippen LogP contribution in [0.15, 0.2) is 9.59 Å². The van der Waals surface area contributed by atoms with Crippen LogP contribution in [0.1, 0.15) is 37.3 Å². The minimum absolute atomic E-state index is 0.0247. The third-order valence-corrected chi connectivity index (χ3v) is 4.50. The standard InChI is InChI=1S/C13H19N3O3/c1-8-11(17)14-13(19)16(12(8)18)10-5-7-15-6-3-2-4-9(10)15/h9-10,18H,2-7H2,1H3,(H,14,17,19). The van der Waals surface area contributed by atoms with Crippen molar-refractivity contribution < 1.29 is 5.11 Å². The maximum atomic E-state index is 12.0. The van der Waals surface area contributed by atoms with Crippen LogP contribution in [0.4, 0.5) is 0 Å². The van der Waals surface area contributed by atoms with Gasteiger partial charge >= 0.3 is 5.69 Å². The average molecular weight is 265 g/mol. The van der Waals surface area contributed by atoms with Crippen LogP contribution in [-0.4, -0.2) is 38.7 Å². The summed E-state index contributed by atoms with van der Waals surface area (Å²) in [4.78, 5) is 28.2. The lowest BCUT2D eigenvalue weighted by Crippen LogP contribution is -2.41. The maximum Gasteiger partial charge on any atom is 0.331 e. The van der Waals surface area contributed by atoms with Crippen LogP contribution >= 0.6 is 0 Å². The summed E-state index contributed by atoms with van der Waals surface area (Å²) in [5.41, 5.74) is -0.781. The van der Waals surface area contributed by atoms with E-state index in [0.29, 0.717) is 6.04 Å². The van der Waals surface area contributed by atoms with E-state index in [1.54, 1.807) is 0 Å². The number of hydrogen-bond acceptors (Lipinski definition) is 4. The van der Waals surface area contributed by atoms with Crippen molar-refractivity contribution in [3.8, 4) is 5.88 Å². The van der Waals surface area contributed by atoms with Crippen molar-refractivity contribution >= 4 is 0 Å². The van der Waals surface area contributed by atoms with Gasteiger partial charge in [0.2, 0.25) is 5.88 Å². The SMILES string of the molecule is Cc1c(O)n(C2CCN3CCCCC23)c(=O)[nH]c1=O. The van der Waals surface area contributed by atoms with E-state index >= 15 is 0 Å². The molecule has 0 saturated carbocycles. The van der Waals surface area contributed by atoms with E-state index in [-0.39, 0.29) is 17.5 Å². The molecule has 0 amide bonds. The lowest BCUT2D eigenvalue weighted by Gasteiger charge is -2.33. The number of nitrogens with one attached hydrogen (secondary N) is 1. The molecule has 0 aromatic carbocycles. The molecule has 104 valence electrons. The summed E-state index contributed by atoms with van der Waals surface area (Å²) in [7, 11) is 0. The molecule has 0 aliphatic carbocycles. The summed E-state index contributed by atoms with van der Waals surface area (Å²) in [6, 6.07) is 0.283. The molecule has 0 bridgehead atoms. The fourth-order valence-electron chi connectivity index (χ4n) is 3.46. The third kappa shape index (κ3) is 1.90. The van der Waals surface area contributed by atoms with Crippen LogP contribution in [0.2, 0.25) is 0 Å². The maximum absolute atomic E-state index is 12.0. The van der Waals surface area contributed by atoms with Gasteiger partial charge in [0, 0.05) is 12.6 Å². The summed E-state index contributed by atoms with van der Waals surface area (Å²) in [5, 5.41) is 10.1. The van der Waals surface area contributed by atoms with E-state index in [0.717, 1.165) is 32.4 Å². The van der Waals surface area contributed by atoms with Gasteiger partial charge in [0.1, 0.15) is 0 Å². The molecule has 6 heteroatoms. The van der Waals surface area contributed by atoms with Crippen LogP contribution in [0.5, 0.6) is 5.88 Å². The van der Waals surface area contributed by atoms with Crippen molar-refractivity contribution in [1.82, 2.24) is 14.5 Å². The van der Waals surface area contributed by atoms with Crippen LogP contribution < -0.4 is 11.2 Å². The Morgan fingerprint density at radius 1 is 1.16 bits per heavy atom. The Morgan fingerprint density at radius 2 is 1.95 bits per heavy atom. The first-order valence-electron chi connectivity index (χ1n) is 6.88. The smallest absolute Gasteiger partial charge is 0.331 e. The summed E-state index contributed by atoms with van der Waals surface area (Å²) in [6.45, 7) is 3.57. The topological polar surface area (TPSA) is 78.3 Å². The monoisotopic (exact) mass is 265 g/mol. The molecule has 2 aliphatic rings.